The highest BCUT2D eigenvalue weighted by Crippen LogP contribution is 2.26. The Balaban J connectivity index is 1.49. The van der Waals surface area contributed by atoms with Gasteiger partial charge in [0.25, 0.3) is 5.91 Å². The predicted octanol–water partition coefficient (Wildman–Crippen LogP) is 3.25. The van der Waals surface area contributed by atoms with Crippen molar-refractivity contribution in [1.29, 1.82) is 0 Å². The van der Waals surface area contributed by atoms with Crippen LogP contribution in [0.15, 0.2) is 18.2 Å². The highest BCUT2D eigenvalue weighted by Gasteiger charge is 2.22. The third-order valence-corrected chi connectivity index (χ3v) is 4.90. The molecule has 2 aliphatic carbocycles. The minimum absolute atomic E-state index is 0.00856. The summed E-state index contributed by atoms with van der Waals surface area (Å²) in [5.41, 5.74) is 2.82. The molecular formula is C18H25NO2. The highest BCUT2D eigenvalue weighted by atomic mass is 16.5. The van der Waals surface area contributed by atoms with E-state index in [0.29, 0.717) is 12.0 Å². The van der Waals surface area contributed by atoms with Crippen LogP contribution < -0.4 is 10.1 Å². The van der Waals surface area contributed by atoms with Gasteiger partial charge in [0.1, 0.15) is 5.75 Å². The average Bonchev–Trinajstić information content (AvgIpc) is 2.95. The molecule has 0 aliphatic heterocycles. The van der Waals surface area contributed by atoms with Gasteiger partial charge in [-0.1, -0.05) is 25.8 Å². The SMILES string of the molecule is C[C@H]1CCCC[C@H]1NC(=O)COc1ccc2c(c1)CCC2. The second-order valence-electron chi connectivity index (χ2n) is 6.51. The summed E-state index contributed by atoms with van der Waals surface area (Å²) in [4.78, 5) is 12.0. The lowest BCUT2D eigenvalue weighted by molar-refractivity contribution is -0.124. The molecule has 3 heteroatoms. The van der Waals surface area contributed by atoms with E-state index >= 15 is 0 Å². The zero-order chi connectivity index (χ0) is 14.7. The maximum Gasteiger partial charge on any atom is 0.258 e. The van der Waals surface area contributed by atoms with Gasteiger partial charge in [-0.25, -0.2) is 0 Å². The molecule has 2 atom stereocenters. The first kappa shape index (κ1) is 14.4. The van der Waals surface area contributed by atoms with E-state index in [0.717, 1.165) is 18.6 Å². The number of benzene rings is 1. The normalized spacial score (nSPS) is 24.4. The van der Waals surface area contributed by atoms with E-state index in [1.54, 1.807) is 0 Å². The molecule has 0 radical (unpaired) electrons. The van der Waals surface area contributed by atoms with Gasteiger partial charge in [0.05, 0.1) is 0 Å². The molecule has 0 unspecified atom stereocenters. The van der Waals surface area contributed by atoms with Crippen molar-refractivity contribution in [2.75, 3.05) is 6.61 Å². The third kappa shape index (κ3) is 3.58. The fraction of sp³-hybridized carbons (Fsp3) is 0.611. The molecule has 1 saturated carbocycles. The summed E-state index contributed by atoms with van der Waals surface area (Å²) in [7, 11) is 0. The van der Waals surface area contributed by atoms with Gasteiger partial charge in [0, 0.05) is 6.04 Å². The summed E-state index contributed by atoms with van der Waals surface area (Å²) in [5.74, 6) is 1.42. The molecule has 0 aromatic heterocycles. The lowest BCUT2D eigenvalue weighted by Gasteiger charge is -2.29. The molecule has 3 nitrogen and oxygen atoms in total. The number of hydrogen-bond acceptors (Lipinski definition) is 2. The molecule has 21 heavy (non-hydrogen) atoms. The average molecular weight is 287 g/mol. The van der Waals surface area contributed by atoms with E-state index in [4.69, 9.17) is 4.74 Å². The lowest BCUT2D eigenvalue weighted by atomic mass is 9.86. The summed E-state index contributed by atoms with van der Waals surface area (Å²) in [6, 6.07) is 6.55. The topological polar surface area (TPSA) is 38.3 Å². The van der Waals surface area contributed by atoms with Crippen LogP contribution in [0.4, 0.5) is 0 Å². The Labute approximate surface area is 127 Å². The van der Waals surface area contributed by atoms with Crippen LogP contribution in [0.5, 0.6) is 5.75 Å². The van der Waals surface area contributed by atoms with E-state index < -0.39 is 0 Å². The Morgan fingerprint density at radius 1 is 1.19 bits per heavy atom. The number of fused-ring (bicyclic) bond motifs is 1. The van der Waals surface area contributed by atoms with Gasteiger partial charge in [-0.3, -0.25) is 4.79 Å². The Kier molecular flexibility index (Phi) is 4.47. The number of hydrogen-bond donors (Lipinski definition) is 1. The van der Waals surface area contributed by atoms with Gasteiger partial charge in [-0.15, -0.1) is 0 Å². The Hall–Kier alpha value is -1.51. The van der Waals surface area contributed by atoms with E-state index in [1.165, 1.54) is 43.2 Å². The van der Waals surface area contributed by atoms with Crippen molar-refractivity contribution in [3.63, 3.8) is 0 Å². The van der Waals surface area contributed by atoms with Crippen molar-refractivity contribution in [1.82, 2.24) is 5.32 Å². The van der Waals surface area contributed by atoms with E-state index in [9.17, 15) is 4.79 Å². The molecule has 0 saturated heterocycles. The highest BCUT2D eigenvalue weighted by molar-refractivity contribution is 5.77. The molecule has 1 aromatic carbocycles. The second-order valence-corrected chi connectivity index (χ2v) is 6.51. The van der Waals surface area contributed by atoms with Crippen LogP contribution in [0.1, 0.15) is 50.2 Å². The zero-order valence-corrected chi connectivity index (χ0v) is 12.9. The minimum atomic E-state index is 0.00856. The van der Waals surface area contributed by atoms with Gasteiger partial charge >= 0.3 is 0 Å². The molecule has 114 valence electrons. The van der Waals surface area contributed by atoms with Crippen molar-refractivity contribution in [2.45, 2.75) is 57.9 Å². The summed E-state index contributed by atoms with van der Waals surface area (Å²) in [5, 5.41) is 3.13. The first-order valence-electron chi connectivity index (χ1n) is 8.26. The summed E-state index contributed by atoms with van der Waals surface area (Å²) in [6.45, 7) is 2.35. The molecule has 0 bridgehead atoms. The Bertz CT molecular complexity index is 512. The second kappa shape index (κ2) is 6.50. The number of ether oxygens (including phenoxy) is 1. The van der Waals surface area contributed by atoms with Crippen molar-refractivity contribution in [3.05, 3.63) is 29.3 Å². The smallest absolute Gasteiger partial charge is 0.258 e. The molecule has 1 aromatic rings. The number of carbonyl (C=O) groups excluding carboxylic acids is 1. The number of amides is 1. The Morgan fingerprint density at radius 2 is 2.00 bits per heavy atom. The fourth-order valence-electron chi connectivity index (χ4n) is 3.57. The summed E-state index contributed by atoms with van der Waals surface area (Å²) >= 11 is 0. The molecule has 0 heterocycles. The predicted molar refractivity (Wildman–Crippen MR) is 83.5 cm³/mol. The lowest BCUT2D eigenvalue weighted by Crippen LogP contribution is -2.43. The van der Waals surface area contributed by atoms with Crippen molar-refractivity contribution in [3.8, 4) is 5.75 Å². The number of nitrogens with one attached hydrogen (secondary N) is 1. The molecule has 2 aliphatic rings. The molecular weight excluding hydrogens is 262 g/mol. The first-order valence-corrected chi connectivity index (χ1v) is 8.26. The molecule has 3 rings (SSSR count). The van der Waals surface area contributed by atoms with Crippen molar-refractivity contribution < 1.29 is 9.53 Å². The Morgan fingerprint density at radius 3 is 2.86 bits per heavy atom. The number of aryl methyl sites for hydroxylation is 2. The van der Waals surface area contributed by atoms with Crippen LogP contribution in [-0.4, -0.2) is 18.6 Å². The van der Waals surface area contributed by atoms with Gasteiger partial charge in [0.2, 0.25) is 0 Å². The van der Waals surface area contributed by atoms with E-state index in [2.05, 4.69) is 24.4 Å². The van der Waals surface area contributed by atoms with Crippen LogP contribution in [0.2, 0.25) is 0 Å². The molecule has 1 N–H and O–H groups in total. The van der Waals surface area contributed by atoms with Crippen LogP contribution in [0.3, 0.4) is 0 Å². The summed E-state index contributed by atoms with van der Waals surface area (Å²) in [6.07, 6.45) is 8.38. The largest absolute Gasteiger partial charge is 0.484 e. The quantitative estimate of drug-likeness (QED) is 0.923. The maximum absolute atomic E-state index is 12.0. The van der Waals surface area contributed by atoms with Crippen LogP contribution >= 0.6 is 0 Å². The van der Waals surface area contributed by atoms with Crippen molar-refractivity contribution in [2.24, 2.45) is 5.92 Å². The van der Waals surface area contributed by atoms with Gasteiger partial charge in [0.15, 0.2) is 6.61 Å². The van der Waals surface area contributed by atoms with E-state index in [-0.39, 0.29) is 12.5 Å². The summed E-state index contributed by atoms with van der Waals surface area (Å²) < 4.78 is 5.66. The fourth-order valence-corrected chi connectivity index (χ4v) is 3.57. The van der Waals surface area contributed by atoms with Crippen LogP contribution in [-0.2, 0) is 17.6 Å². The number of rotatable bonds is 4. The minimum Gasteiger partial charge on any atom is -0.484 e. The molecule has 0 spiro atoms. The van der Waals surface area contributed by atoms with E-state index in [1.807, 2.05) is 6.07 Å². The van der Waals surface area contributed by atoms with Crippen LogP contribution in [0.25, 0.3) is 0 Å². The van der Waals surface area contributed by atoms with Crippen LogP contribution in [0, 0.1) is 5.92 Å². The zero-order valence-electron chi connectivity index (χ0n) is 12.9. The van der Waals surface area contributed by atoms with Gasteiger partial charge in [-0.05, 0) is 61.3 Å². The first-order chi connectivity index (χ1) is 10.2. The molecule has 1 fully saturated rings. The monoisotopic (exact) mass is 287 g/mol. The molecule has 1 amide bonds. The maximum atomic E-state index is 12.0. The number of carbonyl (C=O) groups is 1. The van der Waals surface area contributed by atoms with Gasteiger partial charge in [-0.2, -0.15) is 0 Å². The third-order valence-electron chi connectivity index (χ3n) is 4.90. The van der Waals surface area contributed by atoms with Crippen molar-refractivity contribution >= 4 is 5.91 Å². The van der Waals surface area contributed by atoms with Gasteiger partial charge < -0.3 is 10.1 Å². The standard InChI is InChI=1S/C18H25NO2/c1-13-5-2-3-8-17(13)19-18(20)12-21-16-10-9-14-6-4-7-15(14)11-16/h9-11,13,17H,2-8,12H2,1H3,(H,19,20)/t13-,17+/m0/s1.